The monoisotopic (exact) mass is 287 g/mol. The molecule has 2 N–H and O–H groups in total. The normalized spacial score (nSPS) is 10.1. The molecular formula is C13H18ClNO4. The predicted molar refractivity (Wildman–Crippen MR) is 72.6 cm³/mol. The number of halogens is 1. The third-order valence-corrected chi connectivity index (χ3v) is 2.75. The number of rotatable bonds is 7. The van der Waals surface area contributed by atoms with Gasteiger partial charge in [0.1, 0.15) is 0 Å². The molecule has 1 aromatic rings. The molecule has 0 amide bonds. The molecule has 106 valence electrons. The Hall–Kier alpha value is -1.46. The first kappa shape index (κ1) is 15.6. The average Bonchev–Trinajstić information content (AvgIpc) is 2.43. The maximum Gasteiger partial charge on any atom is 0.305 e. The first-order valence-corrected chi connectivity index (χ1v) is 6.26. The lowest BCUT2D eigenvalue weighted by molar-refractivity contribution is -0.140. The molecule has 0 saturated heterocycles. The van der Waals surface area contributed by atoms with Gasteiger partial charge in [-0.2, -0.15) is 0 Å². The van der Waals surface area contributed by atoms with Crippen molar-refractivity contribution >= 4 is 17.6 Å². The molecule has 0 bridgehead atoms. The molecule has 1 aromatic carbocycles. The molecule has 0 fully saturated rings. The van der Waals surface area contributed by atoms with E-state index in [0.29, 0.717) is 42.5 Å². The predicted octanol–water partition coefficient (Wildman–Crippen LogP) is 2.14. The number of carbonyl (C=O) groups excluding carboxylic acids is 1. The van der Waals surface area contributed by atoms with E-state index in [-0.39, 0.29) is 5.97 Å². The van der Waals surface area contributed by atoms with Crippen LogP contribution in [0.1, 0.15) is 18.4 Å². The van der Waals surface area contributed by atoms with Crippen LogP contribution >= 0.6 is 11.6 Å². The highest BCUT2D eigenvalue weighted by Crippen LogP contribution is 2.34. The van der Waals surface area contributed by atoms with Crippen LogP contribution in [0.3, 0.4) is 0 Å². The van der Waals surface area contributed by atoms with Crippen LogP contribution < -0.4 is 15.2 Å². The van der Waals surface area contributed by atoms with Gasteiger partial charge in [-0.15, -0.1) is 0 Å². The molecule has 0 spiro atoms. The summed E-state index contributed by atoms with van der Waals surface area (Å²) >= 11 is 5.95. The highest BCUT2D eigenvalue weighted by atomic mass is 35.5. The molecule has 6 heteroatoms. The van der Waals surface area contributed by atoms with Crippen LogP contribution in [0.4, 0.5) is 0 Å². The van der Waals surface area contributed by atoms with Gasteiger partial charge in [0.25, 0.3) is 0 Å². The second-order valence-electron chi connectivity index (χ2n) is 3.83. The van der Waals surface area contributed by atoms with Crippen molar-refractivity contribution in [3.05, 3.63) is 22.7 Å². The topological polar surface area (TPSA) is 70.8 Å². The highest BCUT2D eigenvalue weighted by molar-refractivity contribution is 6.30. The van der Waals surface area contributed by atoms with Crippen LogP contribution in [0.15, 0.2) is 12.1 Å². The van der Waals surface area contributed by atoms with Gasteiger partial charge in [0, 0.05) is 29.6 Å². The summed E-state index contributed by atoms with van der Waals surface area (Å²) in [6.45, 7) is 0.670. The Labute approximate surface area is 117 Å². The van der Waals surface area contributed by atoms with Crippen molar-refractivity contribution in [2.45, 2.75) is 19.4 Å². The van der Waals surface area contributed by atoms with Crippen LogP contribution in [0.5, 0.6) is 11.5 Å². The minimum Gasteiger partial charge on any atom is -0.493 e. The molecule has 0 aliphatic carbocycles. The number of benzene rings is 1. The number of carbonyl (C=O) groups is 1. The maximum atomic E-state index is 11.0. The van der Waals surface area contributed by atoms with E-state index >= 15 is 0 Å². The lowest BCUT2D eigenvalue weighted by atomic mass is 10.2. The minimum absolute atomic E-state index is 0.259. The van der Waals surface area contributed by atoms with Gasteiger partial charge in [0.15, 0.2) is 11.5 Å². The Morgan fingerprint density at radius 1 is 1.37 bits per heavy atom. The van der Waals surface area contributed by atoms with Crippen LogP contribution in [0, 0.1) is 0 Å². The Morgan fingerprint density at radius 2 is 2.11 bits per heavy atom. The number of hydrogen-bond donors (Lipinski definition) is 1. The lowest BCUT2D eigenvalue weighted by Gasteiger charge is -2.14. The van der Waals surface area contributed by atoms with Crippen molar-refractivity contribution in [2.24, 2.45) is 5.73 Å². The van der Waals surface area contributed by atoms with E-state index in [1.165, 1.54) is 14.2 Å². The van der Waals surface area contributed by atoms with Gasteiger partial charge in [0.05, 0.1) is 20.8 Å². The van der Waals surface area contributed by atoms with Gasteiger partial charge in [0.2, 0.25) is 0 Å². The van der Waals surface area contributed by atoms with Crippen molar-refractivity contribution < 1.29 is 19.0 Å². The third kappa shape index (κ3) is 4.61. The largest absolute Gasteiger partial charge is 0.493 e. The molecule has 0 aromatic heterocycles. The van der Waals surface area contributed by atoms with Crippen molar-refractivity contribution in [3.63, 3.8) is 0 Å². The second-order valence-corrected chi connectivity index (χ2v) is 4.27. The Balaban J connectivity index is 2.68. The van der Waals surface area contributed by atoms with Crippen molar-refractivity contribution in [1.82, 2.24) is 0 Å². The summed E-state index contributed by atoms with van der Waals surface area (Å²) in [5, 5.41) is 0.541. The van der Waals surface area contributed by atoms with Gasteiger partial charge < -0.3 is 19.9 Å². The molecule has 0 radical (unpaired) electrons. The quantitative estimate of drug-likeness (QED) is 0.614. The zero-order valence-electron chi connectivity index (χ0n) is 11.1. The Morgan fingerprint density at radius 3 is 2.68 bits per heavy atom. The second kappa shape index (κ2) is 7.86. The molecule has 0 aliphatic rings. The fourth-order valence-corrected chi connectivity index (χ4v) is 1.81. The summed E-state index contributed by atoms with van der Waals surface area (Å²) in [6.07, 6.45) is 0.868. The summed E-state index contributed by atoms with van der Waals surface area (Å²) in [5.41, 5.74) is 6.41. The summed E-state index contributed by atoms with van der Waals surface area (Å²) in [7, 11) is 2.89. The number of esters is 1. The number of ether oxygens (including phenoxy) is 3. The van der Waals surface area contributed by atoms with E-state index < -0.39 is 0 Å². The van der Waals surface area contributed by atoms with Crippen molar-refractivity contribution in [3.8, 4) is 11.5 Å². The fourth-order valence-electron chi connectivity index (χ4n) is 1.58. The van der Waals surface area contributed by atoms with E-state index in [1.54, 1.807) is 12.1 Å². The van der Waals surface area contributed by atoms with Gasteiger partial charge >= 0.3 is 5.97 Å². The van der Waals surface area contributed by atoms with E-state index in [2.05, 4.69) is 4.74 Å². The first-order chi connectivity index (χ1) is 9.12. The van der Waals surface area contributed by atoms with Gasteiger partial charge in [-0.05, 0) is 12.5 Å². The van der Waals surface area contributed by atoms with Crippen LogP contribution in [-0.2, 0) is 16.1 Å². The molecule has 19 heavy (non-hydrogen) atoms. The van der Waals surface area contributed by atoms with Crippen molar-refractivity contribution in [1.29, 1.82) is 0 Å². The van der Waals surface area contributed by atoms with Gasteiger partial charge in [-0.3, -0.25) is 4.79 Å². The lowest BCUT2D eigenvalue weighted by Crippen LogP contribution is -2.08. The summed E-state index contributed by atoms with van der Waals surface area (Å²) in [6, 6.07) is 3.40. The molecule has 0 heterocycles. The summed E-state index contributed by atoms with van der Waals surface area (Å²) < 4.78 is 15.4. The fraction of sp³-hybridized carbons (Fsp3) is 0.462. The van der Waals surface area contributed by atoms with Gasteiger partial charge in [-0.25, -0.2) is 0 Å². The number of methoxy groups -OCH3 is 2. The van der Waals surface area contributed by atoms with Crippen molar-refractivity contribution in [2.75, 3.05) is 20.8 Å². The van der Waals surface area contributed by atoms with E-state index in [9.17, 15) is 4.79 Å². The first-order valence-electron chi connectivity index (χ1n) is 5.88. The molecule has 0 saturated carbocycles. The Bertz CT molecular complexity index is 412. The molecular weight excluding hydrogens is 270 g/mol. The van der Waals surface area contributed by atoms with Crippen LogP contribution in [0.2, 0.25) is 5.02 Å². The van der Waals surface area contributed by atoms with E-state index in [0.717, 1.165) is 5.56 Å². The van der Waals surface area contributed by atoms with E-state index in [1.807, 2.05) is 0 Å². The number of hydrogen-bond acceptors (Lipinski definition) is 5. The average molecular weight is 288 g/mol. The molecule has 0 atom stereocenters. The van der Waals surface area contributed by atoms with Crippen LogP contribution in [0.25, 0.3) is 0 Å². The summed E-state index contributed by atoms with van der Waals surface area (Å²) in [4.78, 5) is 11.0. The smallest absolute Gasteiger partial charge is 0.305 e. The van der Waals surface area contributed by atoms with E-state index in [4.69, 9.17) is 26.8 Å². The molecule has 0 unspecified atom stereocenters. The molecule has 5 nitrogen and oxygen atoms in total. The highest BCUT2D eigenvalue weighted by Gasteiger charge is 2.12. The minimum atomic E-state index is -0.259. The zero-order chi connectivity index (χ0) is 14.3. The maximum absolute atomic E-state index is 11.0. The summed E-state index contributed by atoms with van der Waals surface area (Å²) in [5.74, 6) is 0.844. The zero-order valence-corrected chi connectivity index (χ0v) is 11.8. The molecule has 0 aliphatic heterocycles. The molecule has 1 rings (SSSR count). The standard InChI is InChI=1S/C13H18ClNO4/c1-17-11-7-10(14)6-9(8-15)13(11)19-5-3-4-12(16)18-2/h6-7H,3-5,8,15H2,1-2H3. The van der Waals surface area contributed by atoms with Gasteiger partial charge in [-0.1, -0.05) is 11.6 Å². The Kier molecular flexibility index (Phi) is 6.45. The third-order valence-electron chi connectivity index (χ3n) is 2.54. The number of nitrogens with two attached hydrogens (primary N) is 1. The SMILES string of the molecule is COC(=O)CCCOc1c(CN)cc(Cl)cc1OC. The van der Waals surface area contributed by atoms with Crippen LogP contribution in [-0.4, -0.2) is 26.8 Å².